The predicted molar refractivity (Wildman–Crippen MR) is 119 cm³/mol. The van der Waals surface area contributed by atoms with Crippen LogP contribution in [0.3, 0.4) is 0 Å². The predicted octanol–water partition coefficient (Wildman–Crippen LogP) is 3.19. The Morgan fingerprint density at radius 2 is 2.03 bits per heavy atom. The van der Waals surface area contributed by atoms with E-state index in [1.165, 1.54) is 0 Å². The van der Waals surface area contributed by atoms with Crippen molar-refractivity contribution in [3.63, 3.8) is 0 Å². The lowest BCUT2D eigenvalue weighted by Crippen LogP contribution is -2.44. The van der Waals surface area contributed by atoms with Gasteiger partial charge >= 0.3 is 5.97 Å². The van der Waals surface area contributed by atoms with Crippen LogP contribution in [-0.4, -0.2) is 25.6 Å². The van der Waals surface area contributed by atoms with Gasteiger partial charge in [0, 0.05) is 34.3 Å². The summed E-state index contributed by atoms with van der Waals surface area (Å²) in [7, 11) is 0. The van der Waals surface area contributed by atoms with Gasteiger partial charge in [-0.05, 0) is 42.0 Å². The minimum atomic E-state index is -1.82. The van der Waals surface area contributed by atoms with E-state index in [2.05, 4.69) is 11.9 Å². The van der Waals surface area contributed by atoms with E-state index in [4.69, 9.17) is 9.72 Å². The number of esters is 1. The van der Waals surface area contributed by atoms with Gasteiger partial charge in [-0.2, -0.15) is 0 Å². The van der Waals surface area contributed by atoms with E-state index >= 15 is 0 Å². The summed E-state index contributed by atoms with van der Waals surface area (Å²) >= 11 is 0. The smallest absolute Gasteiger partial charge is 0.343 e. The van der Waals surface area contributed by atoms with Crippen molar-refractivity contribution in [1.82, 2.24) is 14.5 Å². The molecule has 1 atom stereocenters. The number of fused-ring (bicyclic) bond motifs is 7. The van der Waals surface area contributed by atoms with E-state index in [1.54, 1.807) is 23.8 Å². The summed E-state index contributed by atoms with van der Waals surface area (Å²) in [6, 6.07) is 7.76. The molecule has 2 aliphatic heterocycles. The van der Waals surface area contributed by atoms with Crippen LogP contribution < -0.4 is 5.56 Å². The number of pyridine rings is 3. The molecule has 0 aliphatic carbocycles. The van der Waals surface area contributed by atoms with Crippen LogP contribution in [-0.2, 0) is 34.7 Å². The van der Waals surface area contributed by atoms with Crippen LogP contribution in [0.1, 0.15) is 42.5 Å². The molecule has 160 valence electrons. The van der Waals surface area contributed by atoms with E-state index in [0.29, 0.717) is 23.4 Å². The van der Waals surface area contributed by atoms with Gasteiger partial charge in [-0.15, -0.1) is 0 Å². The van der Waals surface area contributed by atoms with Crippen LogP contribution >= 0.6 is 0 Å². The van der Waals surface area contributed by atoms with E-state index in [0.717, 1.165) is 44.9 Å². The molecule has 1 aromatic carbocycles. The highest BCUT2D eigenvalue weighted by Gasteiger charge is 2.45. The first-order valence-corrected chi connectivity index (χ1v) is 10.8. The maximum atomic E-state index is 13.4. The number of carbonyl (C=O) groups is 1. The van der Waals surface area contributed by atoms with Crippen molar-refractivity contribution < 1.29 is 14.6 Å². The average molecular weight is 427 g/mol. The van der Waals surface area contributed by atoms with Crippen LogP contribution in [0.2, 0.25) is 0 Å². The number of nitrogens with zero attached hydrogens (tertiary/aromatic N) is 3. The third-order valence-electron chi connectivity index (χ3n) is 6.94. The van der Waals surface area contributed by atoms with Gasteiger partial charge in [0.15, 0.2) is 5.60 Å². The number of aliphatic hydroxyl groups is 1. The number of hydrogen-bond acceptors (Lipinski definition) is 6. The van der Waals surface area contributed by atoms with Gasteiger partial charge in [-0.1, -0.05) is 19.9 Å². The van der Waals surface area contributed by atoms with Gasteiger partial charge in [-0.25, -0.2) is 9.78 Å². The van der Waals surface area contributed by atoms with Gasteiger partial charge < -0.3 is 14.4 Å². The number of carbonyl (C=O) groups excluding carboxylic acids is 1. The molecule has 5 heterocycles. The first-order chi connectivity index (χ1) is 15.5. The normalized spacial score (nSPS) is 19.0. The average Bonchev–Trinajstić information content (AvgIpc) is 3.19. The molecular formula is C25H21N3O4. The number of aryl methyl sites for hydroxylation is 1. The largest absolute Gasteiger partial charge is 0.458 e. The standard InChI is InChI=1S/C25H21N3O4/c1-3-14-16-11-28-20(9-18-17(23(28)29)12-32-24(30)25(18,31)4-2)22(16)27-19-6-5-13-7-8-26-10-15(13)21(14)19/h5-10,31H,3-4,11-12H2,1-2H3/t25-/m0/s1. The maximum Gasteiger partial charge on any atom is 0.343 e. The van der Waals surface area contributed by atoms with Gasteiger partial charge in [0.25, 0.3) is 5.56 Å². The summed E-state index contributed by atoms with van der Waals surface area (Å²) in [5, 5.41) is 14.2. The summed E-state index contributed by atoms with van der Waals surface area (Å²) in [6.07, 6.45) is 4.54. The second-order valence-corrected chi connectivity index (χ2v) is 8.43. The van der Waals surface area contributed by atoms with E-state index < -0.39 is 11.6 Å². The van der Waals surface area contributed by atoms with Crippen LogP contribution in [0.15, 0.2) is 41.5 Å². The summed E-state index contributed by atoms with van der Waals surface area (Å²) in [4.78, 5) is 35.0. The zero-order chi connectivity index (χ0) is 22.2. The van der Waals surface area contributed by atoms with Crippen molar-refractivity contribution in [3.05, 3.63) is 69.3 Å². The Hall–Kier alpha value is -3.58. The van der Waals surface area contributed by atoms with Crippen LogP contribution in [0.25, 0.3) is 33.1 Å². The Kier molecular flexibility index (Phi) is 3.86. The summed E-state index contributed by atoms with van der Waals surface area (Å²) in [5.41, 5.74) is 2.95. The molecule has 3 aromatic heterocycles. The molecule has 6 rings (SSSR count). The van der Waals surface area contributed by atoms with E-state index in [-0.39, 0.29) is 18.6 Å². The molecule has 0 saturated carbocycles. The van der Waals surface area contributed by atoms with E-state index in [9.17, 15) is 14.7 Å². The van der Waals surface area contributed by atoms with Crippen LogP contribution in [0.5, 0.6) is 0 Å². The Balaban J connectivity index is 1.69. The van der Waals surface area contributed by atoms with Gasteiger partial charge in [0.2, 0.25) is 0 Å². The second-order valence-electron chi connectivity index (χ2n) is 8.43. The number of cyclic esters (lactones) is 1. The molecule has 7 nitrogen and oxygen atoms in total. The Morgan fingerprint density at radius 1 is 1.19 bits per heavy atom. The molecule has 0 unspecified atom stereocenters. The minimum Gasteiger partial charge on any atom is -0.458 e. The van der Waals surface area contributed by atoms with Gasteiger partial charge in [-0.3, -0.25) is 9.78 Å². The second kappa shape index (κ2) is 6.46. The third-order valence-corrected chi connectivity index (χ3v) is 6.94. The molecule has 0 spiro atoms. The topological polar surface area (TPSA) is 94.3 Å². The molecule has 0 fully saturated rings. The lowest BCUT2D eigenvalue weighted by atomic mass is 9.86. The van der Waals surface area contributed by atoms with Gasteiger partial charge in [0.1, 0.15) is 6.61 Å². The monoisotopic (exact) mass is 427 g/mol. The quantitative estimate of drug-likeness (QED) is 0.343. The third kappa shape index (κ3) is 2.29. The fraction of sp³-hybridized carbons (Fsp3) is 0.280. The molecule has 0 radical (unpaired) electrons. The van der Waals surface area contributed by atoms with Crippen molar-refractivity contribution in [2.45, 2.75) is 45.4 Å². The first kappa shape index (κ1) is 19.1. The first-order valence-electron chi connectivity index (χ1n) is 10.8. The van der Waals surface area contributed by atoms with Crippen molar-refractivity contribution in [3.8, 4) is 11.4 Å². The SMILES string of the molecule is CCc1c2c(nc3ccc4ccncc4c13)-c1cc3c(c(=O)n1C2)COC(=O)[C@]3(O)CC. The van der Waals surface area contributed by atoms with Crippen molar-refractivity contribution in [2.24, 2.45) is 0 Å². The molecule has 0 bridgehead atoms. The highest BCUT2D eigenvalue weighted by atomic mass is 16.6. The number of hydrogen-bond donors (Lipinski definition) is 1. The Morgan fingerprint density at radius 3 is 2.81 bits per heavy atom. The number of aromatic nitrogens is 3. The van der Waals surface area contributed by atoms with Crippen molar-refractivity contribution >= 4 is 27.6 Å². The minimum absolute atomic E-state index is 0.124. The Labute approximate surface area is 183 Å². The fourth-order valence-electron chi connectivity index (χ4n) is 5.22. The fourth-order valence-corrected chi connectivity index (χ4v) is 5.22. The molecule has 0 amide bonds. The molecule has 1 N–H and O–H groups in total. The lowest BCUT2D eigenvalue weighted by Gasteiger charge is -2.31. The molecule has 32 heavy (non-hydrogen) atoms. The lowest BCUT2D eigenvalue weighted by molar-refractivity contribution is -0.172. The van der Waals surface area contributed by atoms with E-state index in [1.807, 2.05) is 24.4 Å². The molecule has 0 saturated heterocycles. The molecule has 2 aliphatic rings. The summed E-state index contributed by atoms with van der Waals surface area (Å²) in [6.45, 7) is 4.08. The molecule has 7 heteroatoms. The molecule has 4 aromatic rings. The summed E-state index contributed by atoms with van der Waals surface area (Å²) in [5.74, 6) is -0.713. The van der Waals surface area contributed by atoms with Crippen LogP contribution in [0, 0.1) is 0 Å². The van der Waals surface area contributed by atoms with Crippen molar-refractivity contribution in [1.29, 1.82) is 0 Å². The maximum absolute atomic E-state index is 13.4. The molecular weight excluding hydrogens is 406 g/mol. The van der Waals surface area contributed by atoms with Crippen LogP contribution in [0.4, 0.5) is 0 Å². The summed E-state index contributed by atoms with van der Waals surface area (Å²) < 4.78 is 6.84. The van der Waals surface area contributed by atoms with Gasteiger partial charge in [0.05, 0.1) is 29.0 Å². The number of rotatable bonds is 2. The zero-order valence-electron chi connectivity index (χ0n) is 17.8. The Bertz CT molecular complexity index is 1540. The van der Waals surface area contributed by atoms with Crippen molar-refractivity contribution in [2.75, 3.05) is 0 Å². The highest BCUT2D eigenvalue weighted by molar-refractivity contribution is 6.08. The number of ether oxygens (including phenoxy) is 1. The zero-order valence-corrected chi connectivity index (χ0v) is 17.8. The highest BCUT2D eigenvalue weighted by Crippen LogP contribution is 2.41. The number of benzene rings is 1.